The number of hydrogen-bond donors (Lipinski definition) is 11. The number of aromatic nitrogens is 2. The number of aliphatic hydroxyl groups excluding tert-OH is 8. The van der Waals surface area contributed by atoms with E-state index >= 15 is 0 Å². The summed E-state index contributed by atoms with van der Waals surface area (Å²) < 4.78 is 24.1. The van der Waals surface area contributed by atoms with Crippen molar-refractivity contribution in [3.8, 4) is 0 Å². The number of ether oxygens (including phenoxy) is 4. The van der Waals surface area contributed by atoms with E-state index in [1.807, 2.05) is 4.98 Å². The number of rotatable bonds is 19. The van der Waals surface area contributed by atoms with Gasteiger partial charge in [0.05, 0.1) is 18.8 Å². The lowest BCUT2D eigenvalue weighted by atomic mass is 9.91. The minimum atomic E-state index is -1.85. The van der Waals surface area contributed by atoms with E-state index in [-0.39, 0.29) is 0 Å². The number of nitrogens with zero attached hydrogens (tertiary/aromatic N) is 1. The van der Waals surface area contributed by atoms with E-state index in [0.717, 1.165) is 55.9 Å². The largest absolute Gasteiger partial charge is 0.394 e. The number of carbonyl (C=O) groups is 2. The van der Waals surface area contributed by atoms with Crippen molar-refractivity contribution in [1.82, 2.24) is 20.2 Å². The van der Waals surface area contributed by atoms with E-state index in [1.54, 1.807) is 6.08 Å². The van der Waals surface area contributed by atoms with Gasteiger partial charge in [-0.1, -0.05) is 58.4 Å². The Morgan fingerprint density at radius 3 is 2.12 bits per heavy atom. The lowest BCUT2D eigenvalue weighted by molar-refractivity contribution is -0.346. The second-order valence-corrected chi connectivity index (χ2v) is 15.2. The van der Waals surface area contributed by atoms with Gasteiger partial charge in [-0.15, -0.1) is 0 Å². The van der Waals surface area contributed by atoms with Crippen LogP contribution in [0.15, 0.2) is 34.0 Å². The molecule has 0 saturated carbocycles. The highest BCUT2D eigenvalue weighted by atomic mass is 16.8. The molecule has 16 atom stereocenters. The van der Waals surface area contributed by atoms with E-state index in [2.05, 4.69) is 24.5 Å². The van der Waals surface area contributed by atoms with Crippen LogP contribution in [0.1, 0.15) is 84.8 Å². The molecule has 1 aromatic heterocycles. The maximum absolute atomic E-state index is 13.1. The van der Waals surface area contributed by atoms with Crippen molar-refractivity contribution < 1.29 is 69.4 Å². The minimum absolute atomic E-state index is 0.598. The fourth-order valence-corrected chi connectivity index (χ4v) is 7.24. The molecule has 4 rings (SSSR count). The van der Waals surface area contributed by atoms with Crippen molar-refractivity contribution in [3.63, 3.8) is 0 Å². The number of hydrogen-bond acceptors (Lipinski definition) is 16. The van der Waals surface area contributed by atoms with Crippen molar-refractivity contribution in [2.75, 3.05) is 6.61 Å². The summed E-state index contributed by atoms with van der Waals surface area (Å²) >= 11 is 0. The molecule has 3 aliphatic rings. The highest BCUT2D eigenvalue weighted by Crippen LogP contribution is 2.34. The molecule has 3 saturated heterocycles. The normalized spacial score (nSPS) is 35.6. The average molecular weight is 817 g/mol. The van der Waals surface area contributed by atoms with Crippen molar-refractivity contribution in [2.45, 2.75) is 170 Å². The van der Waals surface area contributed by atoms with Crippen LogP contribution in [0.5, 0.6) is 0 Å². The van der Waals surface area contributed by atoms with Crippen LogP contribution >= 0.6 is 0 Å². The summed E-state index contributed by atoms with van der Waals surface area (Å²) in [5.74, 6) is -0.641. The molecule has 3 aliphatic heterocycles. The molecule has 3 fully saturated rings. The van der Waals surface area contributed by atoms with Crippen LogP contribution < -0.4 is 21.9 Å². The van der Waals surface area contributed by atoms with Crippen molar-refractivity contribution >= 4 is 11.8 Å². The van der Waals surface area contributed by atoms with Gasteiger partial charge >= 0.3 is 5.69 Å². The summed E-state index contributed by atoms with van der Waals surface area (Å²) in [6, 6.07) is -2.01. The molecule has 16 unspecified atom stereocenters. The molecule has 1 aromatic rings. The first kappa shape index (κ1) is 46.6. The Hall–Kier alpha value is -3.12. The quantitative estimate of drug-likeness (QED) is 0.0494. The smallest absolute Gasteiger partial charge is 0.330 e. The molecule has 0 radical (unpaired) electrons. The molecular weight excluding hydrogens is 756 g/mol. The second-order valence-electron chi connectivity index (χ2n) is 15.2. The minimum Gasteiger partial charge on any atom is -0.394 e. The highest BCUT2D eigenvalue weighted by molar-refractivity contribution is 5.87. The van der Waals surface area contributed by atoms with Crippen LogP contribution in [0.25, 0.3) is 0 Å². The predicted octanol–water partition coefficient (Wildman–Crippen LogP) is -2.87. The first-order valence-corrected chi connectivity index (χ1v) is 19.6. The van der Waals surface area contributed by atoms with E-state index in [1.165, 1.54) is 18.9 Å². The Kier molecular flexibility index (Phi) is 17.8. The van der Waals surface area contributed by atoms with E-state index in [4.69, 9.17) is 18.9 Å². The Morgan fingerprint density at radius 1 is 0.877 bits per heavy atom. The zero-order valence-corrected chi connectivity index (χ0v) is 32.4. The Morgan fingerprint density at radius 2 is 1.49 bits per heavy atom. The molecule has 11 N–H and O–H groups in total. The van der Waals surface area contributed by atoms with Gasteiger partial charge in [-0.25, -0.2) is 4.79 Å². The molecular formula is C37H60N4O16. The summed E-state index contributed by atoms with van der Waals surface area (Å²) in [6.07, 6.45) is -10.3. The van der Waals surface area contributed by atoms with Gasteiger partial charge in [0.1, 0.15) is 60.9 Å². The number of allylic oxidation sites excluding steroid dienone is 1. The second kappa shape index (κ2) is 21.8. The third kappa shape index (κ3) is 12.2. The Bertz CT molecular complexity index is 1580. The molecule has 20 nitrogen and oxygen atoms in total. The lowest BCUT2D eigenvalue weighted by Gasteiger charge is -2.47. The van der Waals surface area contributed by atoms with E-state index in [9.17, 15) is 60.0 Å². The van der Waals surface area contributed by atoms with Crippen LogP contribution in [0.3, 0.4) is 0 Å². The molecule has 0 aliphatic carbocycles. The van der Waals surface area contributed by atoms with Gasteiger partial charge in [0.25, 0.3) is 5.56 Å². The summed E-state index contributed by atoms with van der Waals surface area (Å²) in [7, 11) is 0. The van der Waals surface area contributed by atoms with Gasteiger partial charge in [0.15, 0.2) is 18.8 Å². The number of nitrogens with one attached hydrogen (secondary N) is 3. The van der Waals surface area contributed by atoms with E-state index in [0.29, 0.717) is 12.3 Å². The molecule has 0 aromatic carbocycles. The van der Waals surface area contributed by atoms with Crippen LogP contribution in [-0.2, 0) is 28.5 Å². The SMILES string of the molecule is CCC(C)CCCCCCC/C=C/C(=O)NC1C(OC2OC(CO)C(O)C(O)C2NC(C)=O)OC(CC(O)C2OC(n3ccc(=O)[nH]c3=O)C(O)C2O)C(O)C1O. The molecule has 4 heterocycles. The van der Waals surface area contributed by atoms with Gasteiger partial charge in [0.2, 0.25) is 11.8 Å². The number of amides is 2. The monoisotopic (exact) mass is 816 g/mol. The average Bonchev–Trinajstić information content (AvgIpc) is 3.46. The molecule has 0 bridgehead atoms. The summed E-state index contributed by atoms with van der Waals surface area (Å²) in [5, 5.41) is 91.3. The van der Waals surface area contributed by atoms with Crippen LogP contribution in [0, 0.1) is 5.92 Å². The molecule has 57 heavy (non-hydrogen) atoms. The van der Waals surface area contributed by atoms with Crippen molar-refractivity contribution in [3.05, 3.63) is 45.3 Å². The fourth-order valence-electron chi connectivity index (χ4n) is 7.24. The zero-order chi connectivity index (χ0) is 42.0. The molecule has 0 spiro atoms. The zero-order valence-electron chi connectivity index (χ0n) is 32.4. The highest BCUT2D eigenvalue weighted by Gasteiger charge is 2.53. The maximum Gasteiger partial charge on any atom is 0.330 e. The fraction of sp³-hybridized carbons (Fsp3) is 0.784. The predicted molar refractivity (Wildman–Crippen MR) is 198 cm³/mol. The van der Waals surface area contributed by atoms with Crippen LogP contribution in [-0.4, -0.2) is 155 Å². The number of aliphatic hydroxyl groups is 8. The Balaban J connectivity index is 1.48. The van der Waals surface area contributed by atoms with Gasteiger partial charge < -0.3 is 70.4 Å². The van der Waals surface area contributed by atoms with Gasteiger partial charge in [-0.2, -0.15) is 0 Å². The molecule has 324 valence electrons. The molecule has 20 heteroatoms. The van der Waals surface area contributed by atoms with Gasteiger partial charge in [-0.3, -0.25) is 23.9 Å². The molecule has 2 amide bonds. The standard InChI is InChI=1S/C37H60N4O16/c1-4-18(2)12-10-8-6-5-7-9-11-13-23(45)39-26-30(50)27(47)21(54-36(26)57-35-25(38-19(3)43)29(49)28(48)22(17-42)55-35)16-20(44)33-31(51)32(52)34(56-33)41-15-14-24(46)40-37(41)53/h11,13-15,18,20-22,25-36,42,44,47-52H,4-10,12,16-17H2,1-3H3,(H,38,43)(H,39,45)(H,40,46,53)/b13-11+. The third-order valence-electron chi connectivity index (χ3n) is 10.8. The topological polar surface area (TPSA) is 312 Å². The summed E-state index contributed by atoms with van der Waals surface area (Å²) in [4.78, 5) is 51.0. The van der Waals surface area contributed by atoms with Crippen LogP contribution in [0.4, 0.5) is 0 Å². The number of unbranched alkanes of at least 4 members (excludes halogenated alkanes) is 5. The van der Waals surface area contributed by atoms with Crippen molar-refractivity contribution in [1.29, 1.82) is 0 Å². The van der Waals surface area contributed by atoms with Crippen LogP contribution in [0.2, 0.25) is 0 Å². The Labute approximate surface area is 329 Å². The third-order valence-corrected chi connectivity index (χ3v) is 10.8. The first-order valence-electron chi connectivity index (χ1n) is 19.6. The maximum atomic E-state index is 13.1. The van der Waals surface area contributed by atoms with Gasteiger partial charge in [0, 0.05) is 25.6 Å². The lowest BCUT2D eigenvalue weighted by Crippen LogP contribution is -2.68. The number of aromatic amines is 1. The number of carbonyl (C=O) groups excluding carboxylic acids is 2. The number of H-pyrrole nitrogens is 1. The summed E-state index contributed by atoms with van der Waals surface area (Å²) in [5.41, 5.74) is -1.68. The van der Waals surface area contributed by atoms with Crippen molar-refractivity contribution in [2.24, 2.45) is 5.92 Å². The summed E-state index contributed by atoms with van der Waals surface area (Å²) in [6.45, 7) is 4.77. The first-order chi connectivity index (χ1) is 27.1. The van der Waals surface area contributed by atoms with E-state index < -0.39 is 128 Å². The van der Waals surface area contributed by atoms with Gasteiger partial charge in [-0.05, 0) is 24.8 Å².